The molecule has 0 unspecified atom stereocenters. The number of hydrogen-bond donors (Lipinski definition) is 1. The number of hydrogen-bond acceptors (Lipinski definition) is 4. The molecular weight excluding hydrogens is 234 g/mol. The fraction of sp³-hybridized carbons (Fsp3) is 0.300. The van der Waals surface area contributed by atoms with E-state index in [2.05, 4.69) is 4.74 Å². The minimum atomic E-state index is -0.252. The largest absolute Gasteiger partial charge is 0.468 e. The van der Waals surface area contributed by atoms with Crippen LogP contribution in [0, 0.1) is 0 Å². The van der Waals surface area contributed by atoms with Crippen LogP contribution in [-0.4, -0.2) is 18.8 Å². The number of esters is 1. The molecule has 0 spiro atoms. The second-order valence-corrected chi connectivity index (χ2v) is 4.27. The summed E-state index contributed by atoms with van der Waals surface area (Å²) in [7, 11) is 1.37. The van der Waals surface area contributed by atoms with Crippen LogP contribution in [0.25, 0.3) is 0 Å². The van der Waals surface area contributed by atoms with Gasteiger partial charge in [-0.3, -0.25) is 4.79 Å². The van der Waals surface area contributed by atoms with Gasteiger partial charge in [0.05, 0.1) is 12.9 Å². The maximum absolute atomic E-state index is 11.0. The van der Waals surface area contributed by atoms with E-state index in [1.165, 1.54) is 18.9 Å². The molecule has 1 aromatic carbocycles. The molecule has 0 aromatic heterocycles. The van der Waals surface area contributed by atoms with Crippen molar-refractivity contribution in [2.24, 2.45) is 5.73 Å². The number of methoxy groups -OCH3 is 1. The van der Waals surface area contributed by atoms with Crippen molar-refractivity contribution in [3.63, 3.8) is 0 Å². The molecule has 0 amide bonds. The van der Waals surface area contributed by atoms with Gasteiger partial charge in [-0.2, -0.15) is 0 Å². The molecule has 2 N–H and O–H groups in total. The SMILES string of the molecule is COC(=O)CSc1ccc(Cl)cc1CN. The quantitative estimate of drug-likeness (QED) is 0.652. The Balaban J connectivity index is 2.72. The minimum absolute atomic E-state index is 0.252. The van der Waals surface area contributed by atoms with Crippen molar-refractivity contribution in [1.29, 1.82) is 0 Å². The lowest BCUT2D eigenvalue weighted by Crippen LogP contribution is -2.04. The molecule has 5 heteroatoms. The number of ether oxygens (including phenoxy) is 1. The summed E-state index contributed by atoms with van der Waals surface area (Å²) in [5, 5.41) is 0.651. The highest BCUT2D eigenvalue weighted by molar-refractivity contribution is 8.00. The van der Waals surface area contributed by atoms with Crippen LogP contribution in [0.1, 0.15) is 5.56 Å². The first-order valence-corrected chi connectivity index (χ1v) is 5.72. The van der Waals surface area contributed by atoms with E-state index < -0.39 is 0 Å². The monoisotopic (exact) mass is 245 g/mol. The van der Waals surface area contributed by atoms with E-state index in [1.807, 2.05) is 6.07 Å². The van der Waals surface area contributed by atoms with Crippen LogP contribution in [0.15, 0.2) is 23.1 Å². The third kappa shape index (κ3) is 3.74. The maximum Gasteiger partial charge on any atom is 0.315 e. The van der Waals surface area contributed by atoms with Crippen LogP contribution < -0.4 is 5.73 Å². The van der Waals surface area contributed by atoms with Crippen molar-refractivity contribution in [2.75, 3.05) is 12.9 Å². The zero-order valence-electron chi connectivity index (χ0n) is 8.33. The van der Waals surface area contributed by atoms with Gasteiger partial charge in [-0.15, -0.1) is 11.8 Å². The van der Waals surface area contributed by atoms with Crippen LogP contribution in [0.2, 0.25) is 5.02 Å². The number of carbonyl (C=O) groups excluding carboxylic acids is 1. The Bertz CT molecular complexity index is 357. The molecule has 0 aliphatic carbocycles. The molecule has 0 saturated carbocycles. The minimum Gasteiger partial charge on any atom is -0.468 e. The van der Waals surface area contributed by atoms with Gasteiger partial charge in [0.15, 0.2) is 0 Å². The first-order chi connectivity index (χ1) is 7.17. The molecule has 15 heavy (non-hydrogen) atoms. The predicted octanol–water partition coefficient (Wildman–Crippen LogP) is 2.06. The van der Waals surface area contributed by atoms with E-state index in [0.717, 1.165) is 10.5 Å². The topological polar surface area (TPSA) is 52.3 Å². The first-order valence-electron chi connectivity index (χ1n) is 4.35. The van der Waals surface area contributed by atoms with E-state index in [4.69, 9.17) is 17.3 Å². The van der Waals surface area contributed by atoms with E-state index >= 15 is 0 Å². The van der Waals surface area contributed by atoms with Crippen LogP contribution in [0.3, 0.4) is 0 Å². The number of nitrogens with two attached hydrogens (primary N) is 1. The zero-order chi connectivity index (χ0) is 11.3. The van der Waals surface area contributed by atoms with Crippen LogP contribution in [0.5, 0.6) is 0 Å². The standard InChI is InChI=1S/C10H12ClNO2S/c1-14-10(13)6-15-9-3-2-8(11)4-7(9)5-12/h2-4H,5-6,12H2,1H3. The van der Waals surface area contributed by atoms with E-state index in [-0.39, 0.29) is 11.7 Å². The average Bonchev–Trinajstić information content (AvgIpc) is 2.26. The number of benzene rings is 1. The molecular formula is C10H12ClNO2S. The predicted molar refractivity (Wildman–Crippen MR) is 62.1 cm³/mol. The third-order valence-electron chi connectivity index (χ3n) is 1.82. The van der Waals surface area contributed by atoms with Gasteiger partial charge in [0.2, 0.25) is 0 Å². The average molecular weight is 246 g/mol. The molecule has 0 heterocycles. The maximum atomic E-state index is 11.0. The summed E-state index contributed by atoms with van der Waals surface area (Å²) in [6.45, 7) is 0.407. The summed E-state index contributed by atoms with van der Waals surface area (Å²) in [6.07, 6.45) is 0. The second kappa shape index (κ2) is 6.00. The number of carbonyl (C=O) groups is 1. The summed E-state index contributed by atoms with van der Waals surface area (Å²) in [5.41, 5.74) is 6.51. The van der Waals surface area contributed by atoms with Crippen LogP contribution >= 0.6 is 23.4 Å². The van der Waals surface area contributed by atoms with Crippen LogP contribution in [0.4, 0.5) is 0 Å². The molecule has 82 valence electrons. The van der Waals surface area contributed by atoms with Crippen molar-refractivity contribution >= 4 is 29.3 Å². The fourth-order valence-corrected chi connectivity index (χ4v) is 2.12. The smallest absolute Gasteiger partial charge is 0.315 e. The Labute approximate surface area is 97.9 Å². The van der Waals surface area contributed by atoms with E-state index in [9.17, 15) is 4.79 Å². The first kappa shape index (κ1) is 12.4. The Morgan fingerprint density at radius 3 is 2.93 bits per heavy atom. The Kier molecular flexibility index (Phi) is 4.94. The van der Waals surface area contributed by atoms with Gasteiger partial charge in [0.25, 0.3) is 0 Å². The van der Waals surface area contributed by atoms with Crippen molar-refractivity contribution in [2.45, 2.75) is 11.4 Å². The van der Waals surface area contributed by atoms with Gasteiger partial charge in [0, 0.05) is 16.5 Å². The van der Waals surface area contributed by atoms with Gasteiger partial charge in [-0.25, -0.2) is 0 Å². The van der Waals surface area contributed by atoms with Gasteiger partial charge in [-0.1, -0.05) is 11.6 Å². The third-order valence-corrected chi connectivity index (χ3v) is 3.14. The van der Waals surface area contributed by atoms with Gasteiger partial charge in [0.1, 0.15) is 0 Å². The molecule has 3 nitrogen and oxygen atoms in total. The van der Waals surface area contributed by atoms with Gasteiger partial charge in [-0.05, 0) is 23.8 Å². The molecule has 1 rings (SSSR count). The molecule has 0 atom stereocenters. The molecule has 0 aliphatic rings. The summed E-state index contributed by atoms with van der Waals surface area (Å²) in [5.74, 6) is 0.0309. The lowest BCUT2D eigenvalue weighted by Gasteiger charge is -2.06. The summed E-state index contributed by atoms with van der Waals surface area (Å²) < 4.78 is 4.55. The molecule has 0 saturated heterocycles. The highest BCUT2D eigenvalue weighted by atomic mass is 35.5. The summed E-state index contributed by atoms with van der Waals surface area (Å²) in [4.78, 5) is 11.9. The summed E-state index contributed by atoms with van der Waals surface area (Å²) in [6, 6.07) is 5.44. The lowest BCUT2D eigenvalue weighted by molar-refractivity contribution is -0.137. The van der Waals surface area contributed by atoms with Crippen LogP contribution in [-0.2, 0) is 16.1 Å². The van der Waals surface area contributed by atoms with E-state index in [0.29, 0.717) is 11.6 Å². The molecule has 0 radical (unpaired) electrons. The summed E-state index contributed by atoms with van der Waals surface area (Å²) >= 11 is 7.23. The molecule has 0 fully saturated rings. The Morgan fingerprint density at radius 2 is 2.33 bits per heavy atom. The highest BCUT2D eigenvalue weighted by Crippen LogP contribution is 2.25. The van der Waals surface area contributed by atoms with Gasteiger partial charge < -0.3 is 10.5 Å². The molecule has 1 aromatic rings. The second-order valence-electron chi connectivity index (χ2n) is 2.82. The lowest BCUT2D eigenvalue weighted by atomic mass is 10.2. The van der Waals surface area contributed by atoms with Gasteiger partial charge >= 0.3 is 5.97 Å². The number of halogens is 1. The highest BCUT2D eigenvalue weighted by Gasteiger charge is 2.06. The van der Waals surface area contributed by atoms with E-state index in [1.54, 1.807) is 12.1 Å². The van der Waals surface area contributed by atoms with Crippen molar-refractivity contribution in [1.82, 2.24) is 0 Å². The zero-order valence-corrected chi connectivity index (χ0v) is 9.90. The molecule has 0 bridgehead atoms. The number of thioether (sulfide) groups is 1. The fourth-order valence-electron chi connectivity index (χ4n) is 1.04. The Morgan fingerprint density at radius 1 is 1.60 bits per heavy atom. The normalized spacial score (nSPS) is 10.1. The Hall–Kier alpha value is -0.710. The van der Waals surface area contributed by atoms with Crippen molar-refractivity contribution in [3.05, 3.63) is 28.8 Å². The van der Waals surface area contributed by atoms with Crippen molar-refractivity contribution < 1.29 is 9.53 Å². The number of rotatable bonds is 4. The van der Waals surface area contributed by atoms with Crippen molar-refractivity contribution in [3.8, 4) is 0 Å². The molecule has 0 aliphatic heterocycles.